The first-order chi connectivity index (χ1) is 14.2. The fourth-order valence-corrected chi connectivity index (χ4v) is 4.85. The standard InChI is InChI=1S/C24H31ClFN3O/c1-15(24(2,3)4)12-29-13-16-9-19(10-17(16)14-29)30-23-8-7-22(27-28-23)20-11-18(26)5-6-21(20)25/h5-8,11,15-17,19H,9-10,12-14H2,1-4H3/t15?,16-,17+,19?. The molecule has 0 spiro atoms. The zero-order chi connectivity index (χ0) is 21.5. The summed E-state index contributed by atoms with van der Waals surface area (Å²) in [6.07, 6.45) is 2.34. The van der Waals surface area contributed by atoms with E-state index in [0.717, 1.165) is 12.8 Å². The lowest BCUT2D eigenvalue weighted by Crippen LogP contribution is -2.33. The van der Waals surface area contributed by atoms with Crippen molar-refractivity contribution in [3.8, 4) is 17.1 Å². The second-order valence-electron chi connectivity index (χ2n) is 10.1. The smallest absolute Gasteiger partial charge is 0.233 e. The molecule has 6 heteroatoms. The third kappa shape index (κ3) is 4.78. The van der Waals surface area contributed by atoms with E-state index < -0.39 is 0 Å². The van der Waals surface area contributed by atoms with Gasteiger partial charge in [-0.15, -0.1) is 10.2 Å². The minimum atomic E-state index is -0.347. The first-order valence-electron chi connectivity index (χ1n) is 10.9. The van der Waals surface area contributed by atoms with Crippen molar-refractivity contribution in [2.45, 2.75) is 46.6 Å². The fraction of sp³-hybridized carbons (Fsp3) is 0.583. The molecular formula is C24H31ClFN3O. The molecule has 1 saturated carbocycles. The molecule has 2 heterocycles. The van der Waals surface area contributed by atoms with Gasteiger partial charge in [0.15, 0.2) is 0 Å². The lowest BCUT2D eigenvalue weighted by molar-refractivity contribution is 0.153. The minimum absolute atomic E-state index is 0.195. The van der Waals surface area contributed by atoms with Crippen LogP contribution in [-0.2, 0) is 0 Å². The van der Waals surface area contributed by atoms with Gasteiger partial charge >= 0.3 is 0 Å². The van der Waals surface area contributed by atoms with Gasteiger partial charge in [-0.2, -0.15) is 0 Å². The second kappa shape index (κ2) is 8.43. The molecule has 0 N–H and O–H groups in total. The van der Waals surface area contributed by atoms with Crippen molar-refractivity contribution in [1.29, 1.82) is 0 Å². The topological polar surface area (TPSA) is 38.2 Å². The van der Waals surface area contributed by atoms with Crippen molar-refractivity contribution in [1.82, 2.24) is 15.1 Å². The number of halogens is 2. The van der Waals surface area contributed by atoms with E-state index in [0.29, 0.717) is 45.3 Å². The first kappa shape index (κ1) is 21.5. The number of ether oxygens (including phenoxy) is 1. The molecule has 4 rings (SSSR count). The van der Waals surface area contributed by atoms with Crippen molar-refractivity contribution < 1.29 is 9.13 Å². The van der Waals surface area contributed by atoms with Crippen LogP contribution in [0.2, 0.25) is 5.02 Å². The fourth-order valence-electron chi connectivity index (χ4n) is 4.64. The molecule has 4 nitrogen and oxygen atoms in total. The van der Waals surface area contributed by atoms with Crippen LogP contribution >= 0.6 is 11.6 Å². The number of nitrogens with zero attached hydrogens (tertiary/aromatic N) is 3. The molecule has 1 aliphatic heterocycles. The Labute approximate surface area is 183 Å². The Morgan fingerprint density at radius 2 is 1.83 bits per heavy atom. The van der Waals surface area contributed by atoms with Crippen molar-refractivity contribution in [2.75, 3.05) is 19.6 Å². The summed E-state index contributed by atoms with van der Waals surface area (Å²) in [5.41, 5.74) is 1.43. The molecule has 1 aromatic carbocycles. The van der Waals surface area contributed by atoms with Crippen LogP contribution in [0.3, 0.4) is 0 Å². The Bertz CT molecular complexity index is 869. The Balaban J connectivity index is 1.32. The molecule has 2 fully saturated rings. The summed E-state index contributed by atoms with van der Waals surface area (Å²) in [6, 6.07) is 7.82. The van der Waals surface area contributed by atoms with E-state index >= 15 is 0 Å². The van der Waals surface area contributed by atoms with Crippen molar-refractivity contribution in [3.63, 3.8) is 0 Å². The Hall–Kier alpha value is -1.72. The van der Waals surface area contributed by atoms with E-state index in [2.05, 4.69) is 42.8 Å². The predicted octanol–water partition coefficient (Wildman–Crippen LogP) is 5.71. The van der Waals surface area contributed by atoms with Gasteiger partial charge in [0.2, 0.25) is 5.88 Å². The average molecular weight is 432 g/mol. The maximum absolute atomic E-state index is 13.5. The molecule has 1 aliphatic carbocycles. The van der Waals surface area contributed by atoms with Gasteiger partial charge in [-0.05, 0) is 60.3 Å². The highest BCUT2D eigenvalue weighted by molar-refractivity contribution is 6.33. The van der Waals surface area contributed by atoms with Crippen LogP contribution in [-0.4, -0.2) is 40.8 Å². The maximum Gasteiger partial charge on any atom is 0.233 e. The predicted molar refractivity (Wildman–Crippen MR) is 118 cm³/mol. The summed E-state index contributed by atoms with van der Waals surface area (Å²) in [4.78, 5) is 2.64. The molecule has 30 heavy (non-hydrogen) atoms. The normalized spacial score (nSPS) is 25.3. The zero-order valence-electron chi connectivity index (χ0n) is 18.2. The van der Waals surface area contributed by atoms with E-state index in [1.54, 1.807) is 12.1 Å². The van der Waals surface area contributed by atoms with Crippen LogP contribution in [0.1, 0.15) is 40.5 Å². The number of fused-ring (bicyclic) bond motifs is 1. The summed E-state index contributed by atoms with van der Waals surface area (Å²) >= 11 is 6.16. The Kier molecular flexibility index (Phi) is 6.04. The van der Waals surface area contributed by atoms with Gasteiger partial charge in [0.1, 0.15) is 11.9 Å². The number of likely N-dealkylation sites (tertiary alicyclic amines) is 1. The first-order valence-corrected chi connectivity index (χ1v) is 11.2. The second-order valence-corrected chi connectivity index (χ2v) is 10.5. The molecule has 2 aliphatic rings. The number of hydrogen-bond donors (Lipinski definition) is 0. The van der Waals surface area contributed by atoms with Crippen molar-refractivity contribution in [2.24, 2.45) is 23.2 Å². The van der Waals surface area contributed by atoms with Gasteiger partial charge in [-0.1, -0.05) is 39.3 Å². The molecule has 0 amide bonds. The lowest BCUT2D eigenvalue weighted by atomic mass is 9.82. The van der Waals surface area contributed by atoms with E-state index in [4.69, 9.17) is 16.3 Å². The lowest BCUT2D eigenvalue weighted by Gasteiger charge is -2.31. The molecular weight excluding hydrogens is 401 g/mol. The third-order valence-corrected chi connectivity index (χ3v) is 7.26. The molecule has 0 bridgehead atoms. The maximum atomic E-state index is 13.5. The van der Waals surface area contributed by atoms with Gasteiger partial charge in [-0.3, -0.25) is 0 Å². The summed E-state index contributed by atoms with van der Waals surface area (Å²) in [6.45, 7) is 12.9. The number of rotatable bonds is 5. The van der Waals surface area contributed by atoms with Gasteiger partial charge in [-0.25, -0.2) is 4.39 Å². The summed E-state index contributed by atoms with van der Waals surface area (Å²) in [7, 11) is 0. The number of aromatic nitrogens is 2. The van der Waals surface area contributed by atoms with Crippen LogP contribution in [0.5, 0.6) is 5.88 Å². The molecule has 0 radical (unpaired) electrons. The Morgan fingerprint density at radius 1 is 1.13 bits per heavy atom. The van der Waals surface area contributed by atoms with Crippen LogP contribution in [0.15, 0.2) is 30.3 Å². The van der Waals surface area contributed by atoms with E-state index in [1.165, 1.54) is 37.8 Å². The van der Waals surface area contributed by atoms with E-state index in [-0.39, 0.29) is 11.9 Å². The third-order valence-electron chi connectivity index (χ3n) is 6.93. The molecule has 2 unspecified atom stereocenters. The highest BCUT2D eigenvalue weighted by atomic mass is 35.5. The van der Waals surface area contributed by atoms with Crippen molar-refractivity contribution in [3.05, 3.63) is 41.2 Å². The number of benzene rings is 1. The molecule has 2 aromatic rings. The summed E-state index contributed by atoms with van der Waals surface area (Å²) in [5, 5.41) is 8.85. The van der Waals surface area contributed by atoms with E-state index in [1.807, 2.05) is 0 Å². The summed E-state index contributed by atoms with van der Waals surface area (Å²) in [5.74, 6) is 2.28. The monoisotopic (exact) mass is 431 g/mol. The van der Waals surface area contributed by atoms with E-state index in [9.17, 15) is 4.39 Å². The van der Waals surface area contributed by atoms with Crippen molar-refractivity contribution >= 4 is 11.6 Å². The summed E-state index contributed by atoms with van der Waals surface area (Å²) < 4.78 is 19.6. The highest BCUT2D eigenvalue weighted by Gasteiger charge is 2.42. The highest BCUT2D eigenvalue weighted by Crippen LogP contribution is 2.40. The molecule has 162 valence electrons. The van der Waals surface area contributed by atoms with Crippen LogP contribution in [0.4, 0.5) is 4.39 Å². The SMILES string of the molecule is CC(CN1C[C@H]2CC(Oc3ccc(-c4cc(F)ccc4Cl)nn3)C[C@H]2C1)C(C)(C)C. The van der Waals surface area contributed by atoms with Gasteiger partial charge in [0.05, 0.1) is 10.7 Å². The minimum Gasteiger partial charge on any atom is -0.473 e. The number of hydrogen-bond acceptors (Lipinski definition) is 4. The molecule has 1 aromatic heterocycles. The quantitative estimate of drug-likeness (QED) is 0.607. The molecule has 4 atom stereocenters. The molecule has 1 saturated heterocycles. The van der Waals surface area contributed by atoms with Crippen LogP contribution in [0, 0.1) is 29.0 Å². The largest absolute Gasteiger partial charge is 0.473 e. The van der Waals surface area contributed by atoms with Gasteiger partial charge in [0, 0.05) is 31.3 Å². The van der Waals surface area contributed by atoms with Gasteiger partial charge < -0.3 is 9.64 Å². The Morgan fingerprint density at radius 3 is 2.43 bits per heavy atom. The average Bonchev–Trinajstić information content (AvgIpc) is 3.21. The van der Waals surface area contributed by atoms with Gasteiger partial charge in [0.25, 0.3) is 0 Å². The zero-order valence-corrected chi connectivity index (χ0v) is 19.0. The van der Waals surface area contributed by atoms with Crippen LogP contribution < -0.4 is 4.74 Å². The van der Waals surface area contributed by atoms with Crippen LogP contribution in [0.25, 0.3) is 11.3 Å².